The number of hydrogen-bond donors (Lipinski definition) is 1. The van der Waals surface area contributed by atoms with Crippen LogP contribution in [0.2, 0.25) is 0 Å². The topological polar surface area (TPSA) is 60.0 Å². The molecular formula is C19H28N2O4. The van der Waals surface area contributed by atoms with E-state index in [9.17, 15) is 4.79 Å². The maximum absolute atomic E-state index is 12.5. The van der Waals surface area contributed by atoms with Crippen LogP contribution < -0.4 is 14.8 Å². The molecule has 0 aromatic heterocycles. The number of carbonyl (C=O) groups is 1. The molecule has 0 spiro atoms. The Labute approximate surface area is 149 Å². The van der Waals surface area contributed by atoms with Gasteiger partial charge in [-0.15, -0.1) is 0 Å². The van der Waals surface area contributed by atoms with Gasteiger partial charge in [0.2, 0.25) is 5.91 Å². The van der Waals surface area contributed by atoms with E-state index < -0.39 is 0 Å². The Morgan fingerprint density at radius 1 is 1.12 bits per heavy atom. The number of amides is 1. The van der Waals surface area contributed by atoms with E-state index in [1.165, 1.54) is 0 Å². The molecule has 2 aliphatic heterocycles. The van der Waals surface area contributed by atoms with Gasteiger partial charge in [0.05, 0.1) is 39.0 Å². The fourth-order valence-electron chi connectivity index (χ4n) is 3.19. The molecule has 138 valence electrons. The van der Waals surface area contributed by atoms with Crippen molar-refractivity contribution in [3.05, 3.63) is 23.8 Å². The zero-order chi connectivity index (χ0) is 17.6. The SMILES string of the molecule is CC(C)[C@H](NC(=O)CN1CCOCC1)c1ccc2c(c1)OCCCO2. The number of fused-ring (bicyclic) bond motifs is 1. The third kappa shape index (κ3) is 4.86. The highest BCUT2D eigenvalue weighted by Crippen LogP contribution is 2.34. The lowest BCUT2D eigenvalue weighted by Gasteiger charge is -2.28. The van der Waals surface area contributed by atoms with E-state index in [0.717, 1.165) is 36.6 Å². The summed E-state index contributed by atoms with van der Waals surface area (Å²) in [7, 11) is 0. The van der Waals surface area contributed by atoms with Crippen LogP contribution in [0, 0.1) is 5.92 Å². The van der Waals surface area contributed by atoms with Gasteiger partial charge in [0.25, 0.3) is 0 Å². The normalized spacial score (nSPS) is 19.3. The second-order valence-corrected chi connectivity index (χ2v) is 6.93. The molecule has 1 aromatic rings. The highest BCUT2D eigenvalue weighted by atomic mass is 16.5. The first-order chi connectivity index (χ1) is 12.1. The molecule has 0 saturated carbocycles. The molecular weight excluding hydrogens is 320 g/mol. The number of nitrogens with zero attached hydrogens (tertiary/aromatic N) is 1. The van der Waals surface area contributed by atoms with Crippen molar-refractivity contribution in [2.45, 2.75) is 26.3 Å². The summed E-state index contributed by atoms with van der Waals surface area (Å²) in [4.78, 5) is 14.6. The summed E-state index contributed by atoms with van der Waals surface area (Å²) in [5.41, 5.74) is 1.05. The van der Waals surface area contributed by atoms with Crippen LogP contribution in [0.1, 0.15) is 31.9 Å². The van der Waals surface area contributed by atoms with E-state index in [4.69, 9.17) is 14.2 Å². The van der Waals surface area contributed by atoms with Crippen LogP contribution in [0.15, 0.2) is 18.2 Å². The van der Waals surface area contributed by atoms with Crippen LogP contribution in [-0.4, -0.2) is 56.9 Å². The molecule has 1 atom stereocenters. The molecule has 1 aromatic carbocycles. The van der Waals surface area contributed by atoms with Gasteiger partial charge in [0.1, 0.15) is 0 Å². The molecule has 1 N–H and O–H groups in total. The van der Waals surface area contributed by atoms with Crippen LogP contribution in [-0.2, 0) is 9.53 Å². The highest BCUT2D eigenvalue weighted by Gasteiger charge is 2.22. The smallest absolute Gasteiger partial charge is 0.234 e. The maximum Gasteiger partial charge on any atom is 0.234 e. The lowest BCUT2D eigenvalue weighted by molar-refractivity contribution is -0.124. The molecule has 0 unspecified atom stereocenters. The first-order valence-electron chi connectivity index (χ1n) is 9.12. The lowest BCUT2D eigenvalue weighted by Crippen LogP contribution is -2.44. The molecule has 0 radical (unpaired) electrons. The standard InChI is InChI=1S/C19H28N2O4/c1-14(2)19(20-18(22)13-21-6-10-23-11-7-21)15-4-5-16-17(12-15)25-9-3-8-24-16/h4-5,12,14,19H,3,6-11,13H2,1-2H3,(H,20,22)/t19-/m0/s1. The summed E-state index contributed by atoms with van der Waals surface area (Å²) in [6, 6.07) is 5.92. The van der Waals surface area contributed by atoms with Crippen LogP contribution >= 0.6 is 0 Å². The van der Waals surface area contributed by atoms with E-state index in [2.05, 4.69) is 24.1 Å². The Bertz CT molecular complexity index is 585. The van der Waals surface area contributed by atoms with Gasteiger partial charge < -0.3 is 19.5 Å². The minimum atomic E-state index is -0.0503. The third-order valence-electron chi connectivity index (χ3n) is 4.58. The zero-order valence-corrected chi connectivity index (χ0v) is 15.1. The van der Waals surface area contributed by atoms with Crippen molar-refractivity contribution in [1.29, 1.82) is 0 Å². The quantitative estimate of drug-likeness (QED) is 0.882. The first-order valence-corrected chi connectivity index (χ1v) is 9.12. The minimum Gasteiger partial charge on any atom is -0.490 e. The van der Waals surface area contributed by atoms with Gasteiger partial charge in [-0.3, -0.25) is 9.69 Å². The lowest BCUT2D eigenvalue weighted by atomic mass is 9.95. The molecule has 25 heavy (non-hydrogen) atoms. The van der Waals surface area contributed by atoms with Gasteiger partial charge in [-0.25, -0.2) is 0 Å². The molecule has 0 aliphatic carbocycles. The highest BCUT2D eigenvalue weighted by molar-refractivity contribution is 5.78. The fraction of sp³-hybridized carbons (Fsp3) is 0.632. The summed E-state index contributed by atoms with van der Waals surface area (Å²) in [5, 5.41) is 3.18. The number of benzene rings is 1. The fourth-order valence-corrected chi connectivity index (χ4v) is 3.19. The van der Waals surface area contributed by atoms with Gasteiger partial charge >= 0.3 is 0 Å². The van der Waals surface area contributed by atoms with Crippen molar-refractivity contribution in [3.63, 3.8) is 0 Å². The maximum atomic E-state index is 12.5. The van der Waals surface area contributed by atoms with Gasteiger partial charge in [0.15, 0.2) is 11.5 Å². The Hall–Kier alpha value is -1.79. The minimum absolute atomic E-state index is 0.0488. The molecule has 1 amide bonds. The van der Waals surface area contributed by atoms with Crippen molar-refractivity contribution < 1.29 is 19.0 Å². The van der Waals surface area contributed by atoms with Gasteiger partial charge in [0, 0.05) is 19.5 Å². The summed E-state index contributed by atoms with van der Waals surface area (Å²) in [6.07, 6.45) is 0.883. The molecule has 1 fully saturated rings. The molecule has 2 heterocycles. The van der Waals surface area contributed by atoms with Crippen molar-refractivity contribution in [2.24, 2.45) is 5.92 Å². The monoisotopic (exact) mass is 348 g/mol. The summed E-state index contributed by atoms with van der Waals surface area (Å²) < 4.78 is 16.8. The van der Waals surface area contributed by atoms with Gasteiger partial charge in [-0.05, 0) is 23.6 Å². The molecule has 6 heteroatoms. The van der Waals surface area contributed by atoms with Crippen LogP contribution in [0.4, 0.5) is 0 Å². The van der Waals surface area contributed by atoms with E-state index in [-0.39, 0.29) is 17.9 Å². The van der Waals surface area contributed by atoms with Gasteiger partial charge in [-0.2, -0.15) is 0 Å². The Morgan fingerprint density at radius 2 is 1.84 bits per heavy atom. The number of nitrogens with one attached hydrogen (secondary N) is 1. The Balaban J connectivity index is 1.68. The van der Waals surface area contributed by atoms with Gasteiger partial charge in [-0.1, -0.05) is 19.9 Å². The van der Waals surface area contributed by atoms with Crippen LogP contribution in [0.5, 0.6) is 11.5 Å². The van der Waals surface area contributed by atoms with Crippen LogP contribution in [0.25, 0.3) is 0 Å². The number of morpholine rings is 1. The summed E-state index contributed by atoms with van der Waals surface area (Å²) >= 11 is 0. The average Bonchev–Trinajstić information content (AvgIpc) is 2.85. The second-order valence-electron chi connectivity index (χ2n) is 6.93. The second kappa shape index (κ2) is 8.54. The molecule has 1 saturated heterocycles. The largest absolute Gasteiger partial charge is 0.490 e. The zero-order valence-electron chi connectivity index (χ0n) is 15.1. The molecule has 3 rings (SSSR count). The Kier molecular flexibility index (Phi) is 6.15. The van der Waals surface area contributed by atoms with E-state index >= 15 is 0 Å². The van der Waals surface area contributed by atoms with Crippen molar-refractivity contribution in [1.82, 2.24) is 10.2 Å². The van der Waals surface area contributed by atoms with E-state index in [1.54, 1.807) is 0 Å². The number of carbonyl (C=O) groups excluding carboxylic acids is 1. The molecule has 0 bridgehead atoms. The third-order valence-corrected chi connectivity index (χ3v) is 4.58. The molecule has 6 nitrogen and oxygen atoms in total. The Morgan fingerprint density at radius 3 is 2.56 bits per heavy atom. The number of hydrogen-bond acceptors (Lipinski definition) is 5. The predicted molar refractivity (Wildman–Crippen MR) is 95.0 cm³/mol. The number of rotatable bonds is 5. The first kappa shape index (κ1) is 18.0. The van der Waals surface area contributed by atoms with Crippen molar-refractivity contribution in [2.75, 3.05) is 46.1 Å². The summed E-state index contributed by atoms with van der Waals surface area (Å²) in [5.74, 6) is 1.87. The van der Waals surface area contributed by atoms with E-state index in [1.807, 2.05) is 18.2 Å². The van der Waals surface area contributed by atoms with E-state index in [0.29, 0.717) is 33.0 Å². The van der Waals surface area contributed by atoms with Crippen molar-refractivity contribution in [3.8, 4) is 11.5 Å². The summed E-state index contributed by atoms with van der Waals surface area (Å²) in [6.45, 7) is 8.99. The van der Waals surface area contributed by atoms with Crippen molar-refractivity contribution >= 4 is 5.91 Å². The average molecular weight is 348 g/mol. The number of ether oxygens (including phenoxy) is 3. The molecule has 2 aliphatic rings. The van der Waals surface area contributed by atoms with Crippen LogP contribution in [0.3, 0.4) is 0 Å². The predicted octanol–water partition coefficient (Wildman–Crippen LogP) is 1.99.